The van der Waals surface area contributed by atoms with E-state index >= 15 is 0 Å². The molecule has 1 saturated heterocycles. The van der Waals surface area contributed by atoms with Gasteiger partial charge in [-0.15, -0.1) is 0 Å². The van der Waals surface area contributed by atoms with Crippen LogP contribution in [0.1, 0.15) is 12.0 Å². The second kappa shape index (κ2) is 9.87. The number of nitrogens with zero attached hydrogens (tertiary/aromatic N) is 2. The molecule has 2 aliphatic rings. The highest BCUT2D eigenvalue weighted by Gasteiger charge is 2.41. The molecule has 3 aromatic carbocycles. The van der Waals surface area contributed by atoms with Crippen LogP contribution in [0.4, 0.5) is 15.8 Å². The number of aryl methyl sites for hydroxylation is 1. The summed E-state index contributed by atoms with van der Waals surface area (Å²) >= 11 is 0. The minimum Gasteiger partial charge on any atom is -0.494 e. The Morgan fingerprint density at radius 2 is 1.69 bits per heavy atom. The molecule has 3 aromatic rings. The van der Waals surface area contributed by atoms with E-state index in [1.807, 2.05) is 24.3 Å². The van der Waals surface area contributed by atoms with Gasteiger partial charge in [-0.3, -0.25) is 4.90 Å². The molecular formula is C27H30FN3O3S. The van der Waals surface area contributed by atoms with Crippen LogP contribution in [0.3, 0.4) is 0 Å². The van der Waals surface area contributed by atoms with Crippen molar-refractivity contribution in [3.8, 4) is 5.75 Å². The van der Waals surface area contributed by atoms with Gasteiger partial charge in [-0.05, 0) is 48.7 Å². The van der Waals surface area contributed by atoms with Crippen molar-refractivity contribution in [1.29, 1.82) is 0 Å². The normalized spacial score (nSPS) is 19.5. The number of piperazine rings is 1. The summed E-state index contributed by atoms with van der Waals surface area (Å²) in [7, 11) is -2.10. The van der Waals surface area contributed by atoms with Gasteiger partial charge < -0.3 is 15.0 Å². The van der Waals surface area contributed by atoms with Gasteiger partial charge in [-0.1, -0.05) is 36.4 Å². The first-order valence-electron chi connectivity index (χ1n) is 11.9. The zero-order valence-corrected chi connectivity index (χ0v) is 20.5. The zero-order valence-electron chi connectivity index (χ0n) is 19.7. The molecule has 0 amide bonds. The summed E-state index contributed by atoms with van der Waals surface area (Å²) in [6, 6.07) is 21.1. The lowest BCUT2D eigenvalue weighted by atomic mass is 9.97. The van der Waals surface area contributed by atoms with E-state index in [-0.39, 0.29) is 11.9 Å². The van der Waals surface area contributed by atoms with Crippen molar-refractivity contribution >= 4 is 21.2 Å². The number of halogens is 1. The summed E-state index contributed by atoms with van der Waals surface area (Å²) in [6.07, 6.45) is 1.57. The summed E-state index contributed by atoms with van der Waals surface area (Å²) < 4.78 is 47.0. The van der Waals surface area contributed by atoms with E-state index in [4.69, 9.17) is 4.74 Å². The standard InChI is InChI=1S/C27H30FN3O3S/c1-34-26-19-21(28)12-14-25(26)30-15-17-31(18-16-30)27(35(32,33)22-8-3-2-4-9-22)24-13-11-20-7-5-6-10-23(20)29-24/h2-10,12,14,19,24,27,29H,11,13,15-18H2,1H3. The zero-order chi connectivity index (χ0) is 24.4. The van der Waals surface area contributed by atoms with Gasteiger partial charge in [0.15, 0.2) is 9.84 Å². The average molecular weight is 496 g/mol. The fraction of sp³-hybridized carbons (Fsp3) is 0.333. The van der Waals surface area contributed by atoms with Crippen LogP contribution in [0.2, 0.25) is 0 Å². The summed E-state index contributed by atoms with van der Waals surface area (Å²) in [5.74, 6) is 0.138. The molecule has 184 valence electrons. The van der Waals surface area contributed by atoms with Gasteiger partial charge in [-0.25, -0.2) is 12.8 Å². The third-order valence-corrected chi connectivity index (χ3v) is 9.17. The Balaban J connectivity index is 1.42. The minimum atomic E-state index is -3.63. The average Bonchev–Trinajstić information content (AvgIpc) is 2.89. The van der Waals surface area contributed by atoms with Gasteiger partial charge in [0.1, 0.15) is 16.9 Å². The van der Waals surface area contributed by atoms with Crippen LogP contribution in [-0.4, -0.2) is 58.0 Å². The molecule has 2 unspecified atom stereocenters. The second-order valence-corrected chi connectivity index (χ2v) is 11.1. The summed E-state index contributed by atoms with van der Waals surface area (Å²) in [6.45, 7) is 2.37. The van der Waals surface area contributed by atoms with Gasteiger partial charge in [0, 0.05) is 37.9 Å². The highest BCUT2D eigenvalue weighted by atomic mass is 32.2. The highest BCUT2D eigenvalue weighted by molar-refractivity contribution is 7.92. The van der Waals surface area contributed by atoms with Crippen LogP contribution in [0.5, 0.6) is 5.75 Å². The maximum atomic E-state index is 14.0. The largest absolute Gasteiger partial charge is 0.494 e. The van der Waals surface area contributed by atoms with Crippen molar-refractivity contribution in [2.75, 3.05) is 43.5 Å². The Hall–Kier alpha value is -3.10. The fourth-order valence-electron chi connectivity index (χ4n) is 5.22. The molecule has 2 atom stereocenters. The van der Waals surface area contributed by atoms with Gasteiger partial charge in [0.05, 0.1) is 23.7 Å². The molecular weight excluding hydrogens is 465 g/mol. The van der Waals surface area contributed by atoms with Gasteiger partial charge in [-0.2, -0.15) is 0 Å². The van der Waals surface area contributed by atoms with Crippen LogP contribution in [-0.2, 0) is 16.3 Å². The molecule has 0 spiro atoms. The summed E-state index contributed by atoms with van der Waals surface area (Å²) in [4.78, 5) is 4.55. The monoisotopic (exact) mass is 495 g/mol. The molecule has 2 heterocycles. The number of nitrogens with one attached hydrogen (secondary N) is 1. The van der Waals surface area contributed by atoms with Crippen molar-refractivity contribution in [3.63, 3.8) is 0 Å². The Morgan fingerprint density at radius 3 is 2.43 bits per heavy atom. The number of hydrogen-bond acceptors (Lipinski definition) is 6. The number of rotatable bonds is 6. The van der Waals surface area contributed by atoms with E-state index in [9.17, 15) is 12.8 Å². The lowest BCUT2D eigenvalue weighted by Gasteiger charge is -2.44. The quantitative estimate of drug-likeness (QED) is 0.554. The van der Waals surface area contributed by atoms with Crippen LogP contribution < -0.4 is 15.0 Å². The molecule has 2 aliphatic heterocycles. The molecule has 0 radical (unpaired) electrons. The number of para-hydroxylation sites is 1. The predicted molar refractivity (Wildman–Crippen MR) is 136 cm³/mol. The minimum absolute atomic E-state index is 0.234. The number of methoxy groups -OCH3 is 1. The van der Waals surface area contributed by atoms with Crippen molar-refractivity contribution in [2.24, 2.45) is 0 Å². The van der Waals surface area contributed by atoms with E-state index in [1.54, 1.807) is 30.3 Å². The van der Waals surface area contributed by atoms with E-state index in [0.717, 1.165) is 24.2 Å². The fourth-order valence-corrected chi connectivity index (χ4v) is 7.28. The van der Waals surface area contributed by atoms with Crippen molar-refractivity contribution in [1.82, 2.24) is 4.90 Å². The molecule has 5 rings (SSSR count). The van der Waals surface area contributed by atoms with Crippen molar-refractivity contribution in [2.45, 2.75) is 29.2 Å². The molecule has 1 fully saturated rings. The highest BCUT2D eigenvalue weighted by Crippen LogP contribution is 2.34. The van der Waals surface area contributed by atoms with E-state index in [1.165, 1.54) is 24.8 Å². The number of ether oxygens (including phenoxy) is 1. The summed E-state index contributed by atoms with van der Waals surface area (Å²) in [5.41, 5.74) is 3.04. The van der Waals surface area contributed by atoms with E-state index < -0.39 is 15.2 Å². The van der Waals surface area contributed by atoms with Crippen molar-refractivity contribution < 1.29 is 17.5 Å². The van der Waals surface area contributed by atoms with Crippen LogP contribution in [0.15, 0.2) is 77.7 Å². The van der Waals surface area contributed by atoms with Gasteiger partial charge >= 0.3 is 0 Å². The predicted octanol–water partition coefficient (Wildman–Crippen LogP) is 4.18. The molecule has 0 aliphatic carbocycles. The SMILES string of the molecule is COc1cc(F)ccc1N1CCN(C(C2CCc3ccccc3N2)S(=O)(=O)c2ccccc2)CC1. The van der Waals surface area contributed by atoms with E-state index in [2.05, 4.69) is 21.2 Å². The van der Waals surface area contributed by atoms with Crippen LogP contribution in [0.25, 0.3) is 0 Å². The number of fused-ring (bicyclic) bond motifs is 1. The Morgan fingerprint density at radius 1 is 0.971 bits per heavy atom. The summed E-state index contributed by atoms with van der Waals surface area (Å²) in [5, 5.41) is 2.84. The Bertz CT molecular complexity index is 1280. The second-order valence-electron chi connectivity index (χ2n) is 9.03. The molecule has 0 saturated carbocycles. The first kappa shape index (κ1) is 23.6. The third kappa shape index (κ3) is 4.73. The number of sulfone groups is 1. The molecule has 35 heavy (non-hydrogen) atoms. The first-order chi connectivity index (χ1) is 17.0. The lowest BCUT2D eigenvalue weighted by Crippen LogP contribution is -2.58. The molecule has 6 nitrogen and oxygen atoms in total. The maximum Gasteiger partial charge on any atom is 0.196 e. The number of benzene rings is 3. The molecule has 8 heteroatoms. The third-order valence-electron chi connectivity index (χ3n) is 6.97. The Labute approximate surface area is 206 Å². The first-order valence-corrected chi connectivity index (χ1v) is 13.5. The maximum absolute atomic E-state index is 14.0. The van der Waals surface area contributed by atoms with Gasteiger partial charge in [0.2, 0.25) is 0 Å². The van der Waals surface area contributed by atoms with Crippen LogP contribution >= 0.6 is 0 Å². The number of hydrogen-bond donors (Lipinski definition) is 1. The smallest absolute Gasteiger partial charge is 0.196 e. The lowest BCUT2D eigenvalue weighted by molar-refractivity contribution is 0.212. The number of anilines is 2. The van der Waals surface area contributed by atoms with Crippen LogP contribution in [0, 0.1) is 5.82 Å². The van der Waals surface area contributed by atoms with Gasteiger partial charge in [0.25, 0.3) is 0 Å². The molecule has 1 N–H and O–H groups in total. The van der Waals surface area contributed by atoms with E-state index in [0.29, 0.717) is 36.8 Å². The molecule has 0 aromatic heterocycles. The Kier molecular flexibility index (Phi) is 6.67. The topological polar surface area (TPSA) is 61.9 Å². The molecule has 0 bridgehead atoms. The van der Waals surface area contributed by atoms with Crippen molar-refractivity contribution in [3.05, 3.63) is 84.2 Å².